The first-order valence-corrected chi connectivity index (χ1v) is 10.4. The third kappa shape index (κ3) is 4.48. The summed E-state index contributed by atoms with van der Waals surface area (Å²) in [4.78, 5) is 14.2. The number of ether oxygens (including phenoxy) is 1. The van der Waals surface area contributed by atoms with Crippen LogP contribution in [0, 0.1) is 6.92 Å². The van der Waals surface area contributed by atoms with Crippen LogP contribution in [0.2, 0.25) is 0 Å². The van der Waals surface area contributed by atoms with Crippen LogP contribution in [-0.4, -0.2) is 34.6 Å². The Labute approximate surface area is 160 Å². The molecule has 2 aromatic carbocycles. The van der Waals surface area contributed by atoms with E-state index in [1.807, 2.05) is 24.3 Å². The van der Waals surface area contributed by atoms with Gasteiger partial charge in [-0.15, -0.1) is 0 Å². The fraction of sp³-hybridized carbons (Fsp3) is 0.350. The van der Waals surface area contributed by atoms with Crippen molar-refractivity contribution in [3.63, 3.8) is 0 Å². The fourth-order valence-corrected chi connectivity index (χ4v) is 4.20. The quantitative estimate of drug-likeness (QED) is 0.770. The summed E-state index contributed by atoms with van der Waals surface area (Å²) in [7, 11) is -2.46. The summed E-state index contributed by atoms with van der Waals surface area (Å²) in [5.74, 6) is -0.554. The molecule has 2 aromatic rings. The number of carbonyl (C=O) groups is 1. The zero-order chi connectivity index (χ0) is 19.4. The summed E-state index contributed by atoms with van der Waals surface area (Å²) in [5.41, 5.74) is 2.95. The van der Waals surface area contributed by atoms with Gasteiger partial charge in [0.15, 0.2) is 0 Å². The van der Waals surface area contributed by atoms with E-state index in [0.29, 0.717) is 5.56 Å². The summed E-state index contributed by atoms with van der Waals surface area (Å²) in [6, 6.07) is 12.4. The first-order valence-electron chi connectivity index (χ1n) is 8.93. The fourth-order valence-electron chi connectivity index (χ4n) is 3.16. The van der Waals surface area contributed by atoms with Gasteiger partial charge in [-0.25, -0.2) is 17.9 Å². The molecule has 0 atom stereocenters. The molecule has 1 heterocycles. The lowest BCUT2D eigenvalue weighted by Crippen LogP contribution is -2.24. The number of esters is 1. The van der Waals surface area contributed by atoms with Gasteiger partial charge in [0.1, 0.15) is 0 Å². The number of anilines is 1. The van der Waals surface area contributed by atoms with E-state index in [2.05, 4.69) is 9.62 Å². The normalized spacial score (nSPS) is 14.4. The van der Waals surface area contributed by atoms with E-state index in [0.717, 1.165) is 18.7 Å². The number of methoxy groups -OCH3 is 1. The highest BCUT2D eigenvalue weighted by molar-refractivity contribution is 7.89. The number of hydrogen-bond donors (Lipinski definition) is 1. The highest BCUT2D eigenvalue weighted by atomic mass is 32.2. The monoisotopic (exact) mass is 388 g/mol. The summed E-state index contributed by atoms with van der Waals surface area (Å²) < 4.78 is 32.5. The molecule has 0 aliphatic carbocycles. The van der Waals surface area contributed by atoms with Crippen molar-refractivity contribution in [2.75, 3.05) is 25.1 Å². The van der Waals surface area contributed by atoms with Gasteiger partial charge in [0.05, 0.1) is 17.6 Å². The summed E-state index contributed by atoms with van der Waals surface area (Å²) in [6.07, 6.45) is 2.43. The third-order valence-electron chi connectivity index (χ3n) is 4.80. The zero-order valence-electron chi connectivity index (χ0n) is 15.6. The van der Waals surface area contributed by atoms with Crippen LogP contribution in [0.3, 0.4) is 0 Å². The molecule has 7 heteroatoms. The Morgan fingerprint density at radius 3 is 2.41 bits per heavy atom. The number of nitrogens with one attached hydrogen (secondary N) is 1. The van der Waals surface area contributed by atoms with Gasteiger partial charge in [0.2, 0.25) is 10.0 Å². The minimum Gasteiger partial charge on any atom is -0.465 e. The topological polar surface area (TPSA) is 75.7 Å². The lowest BCUT2D eigenvalue weighted by molar-refractivity contribution is 0.0599. The van der Waals surface area contributed by atoms with E-state index in [1.165, 1.54) is 37.8 Å². The predicted molar refractivity (Wildman–Crippen MR) is 104 cm³/mol. The van der Waals surface area contributed by atoms with Crippen LogP contribution in [0.1, 0.15) is 34.3 Å². The second-order valence-corrected chi connectivity index (χ2v) is 8.42. The van der Waals surface area contributed by atoms with E-state index in [-0.39, 0.29) is 17.0 Å². The van der Waals surface area contributed by atoms with Gasteiger partial charge in [0, 0.05) is 25.3 Å². The Kier molecular flexibility index (Phi) is 5.82. The Morgan fingerprint density at radius 1 is 1.11 bits per heavy atom. The molecule has 1 fully saturated rings. The van der Waals surface area contributed by atoms with Crippen LogP contribution in [-0.2, 0) is 21.3 Å². The molecule has 0 spiro atoms. The Balaban J connectivity index is 1.70. The Morgan fingerprint density at radius 2 is 1.78 bits per heavy atom. The SMILES string of the molecule is COC(=O)c1cc(S(=O)(=O)NCc2ccc(N3CCCC3)cc2)ccc1C. The van der Waals surface area contributed by atoms with Crippen LogP contribution < -0.4 is 9.62 Å². The van der Waals surface area contributed by atoms with E-state index in [1.54, 1.807) is 13.0 Å². The lowest BCUT2D eigenvalue weighted by Gasteiger charge is -2.17. The van der Waals surface area contributed by atoms with Crippen molar-refractivity contribution >= 4 is 21.7 Å². The van der Waals surface area contributed by atoms with Crippen molar-refractivity contribution in [2.24, 2.45) is 0 Å². The molecule has 144 valence electrons. The maximum atomic E-state index is 12.6. The summed E-state index contributed by atoms with van der Waals surface area (Å²) in [5, 5.41) is 0. The number of carbonyl (C=O) groups excluding carboxylic acids is 1. The molecule has 27 heavy (non-hydrogen) atoms. The first-order chi connectivity index (χ1) is 12.9. The molecule has 1 aliphatic heterocycles. The van der Waals surface area contributed by atoms with Crippen LogP contribution in [0.4, 0.5) is 5.69 Å². The molecule has 0 radical (unpaired) electrons. The van der Waals surface area contributed by atoms with Gasteiger partial charge >= 0.3 is 5.97 Å². The average molecular weight is 388 g/mol. The van der Waals surface area contributed by atoms with Crippen LogP contribution >= 0.6 is 0 Å². The Bertz CT molecular complexity index is 917. The average Bonchev–Trinajstić information content (AvgIpc) is 3.21. The van der Waals surface area contributed by atoms with E-state index in [4.69, 9.17) is 4.74 Å². The van der Waals surface area contributed by atoms with Gasteiger partial charge in [0.25, 0.3) is 0 Å². The van der Waals surface area contributed by atoms with Gasteiger partial charge in [-0.3, -0.25) is 0 Å². The largest absolute Gasteiger partial charge is 0.465 e. The number of rotatable bonds is 6. The molecule has 1 N–H and O–H groups in total. The molecule has 0 unspecified atom stereocenters. The minimum absolute atomic E-state index is 0.0437. The zero-order valence-corrected chi connectivity index (χ0v) is 16.4. The van der Waals surface area contributed by atoms with Gasteiger partial charge in [-0.2, -0.15) is 0 Å². The van der Waals surface area contributed by atoms with Gasteiger partial charge in [-0.1, -0.05) is 18.2 Å². The molecule has 6 nitrogen and oxygen atoms in total. The lowest BCUT2D eigenvalue weighted by atomic mass is 10.1. The van der Waals surface area contributed by atoms with E-state index >= 15 is 0 Å². The molecular weight excluding hydrogens is 364 g/mol. The maximum Gasteiger partial charge on any atom is 0.338 e. The predicted octanol–water partition coefficient (Wildman–Crippen LogP) is 2.86. The smallest absolute Gasteiger partial charge is 0.338 e. The maximum absolute atomic E-state index is 12.6. The van der Waals surface area contributed by atoms with Crippen molar-refractivity contribution in [1.29, 1.82) is 0 Å². The highest BCUT2D eigenvalue weighted by Gasteiger charge is 2.18. The number of sulfonamides is 1. The molecule has 0 bridgehead atoms. The summed E-state index contributed by atoms with van der Waals surface area (Å²) in [6.45, 7) is 4.06. The van der Waals surface area contributed by atoms with Crippen LogP contribution in [0.25, 0.3) is 0 Å². The van der Waals surface area contributed by atoms with Crippen molar-refractivity contribution in [3.05, 3.63) is 59.2 Å². The molecule has 3 rings (SSSR count). The second-order valence-electron chi connectivity index (χ2n) is 6.65. The van der Waals surface area contributed by atoms with Crippen LogP contribution in [0.5, 0.6) is 0 Å². The standard InChI is InChI=1S/C20H24N2O4S/c1-15-5-10-18(13-19(15)20(23)26-2)27(24,25)21-14-16-6-8-17(9-7-16)22-11-3-4-12-22/h5-10,13,21H,3-4,11-12,14H2,1-2H3. The second kappa shape index (κ2) is 8.10. The Hall–Kier alpha value is -2.38. The molecule has 0 saturated carbocycles. The minimum atomic E-state index is -3.73. The van der Waals surface area contributed by atoms with E-state index < -0.39 is 16.0 Å². The first kappa shape index (κ1) is 19.4. The van der Waals surface area contributed by atoms with Gasteiger partial charge in [-0.05, 0) is 55.2 Å². The number of benzene rings is 2. The number of hydrogen-bond acceptors (Lipinski definition) is 5. The molecule has 0 aromatic heterocycles. The number of aryl methyl sites for hydroxylation is 1. The van der Waals surface area contributed by atoms with Crippen molar-refractivity contribution in [3.8, 4) is 0 Å². The van der Waals surface area contributed by atoms with Crippen molar-refractivity contribution < 1.29 is 17.9 Å². The summed E-state index contributed by atoms with van der Waals surface area (Å²) >= 11 is 0. The molecular formula is C20H24N2O4S. The van der Waals surface area contributed by atoms with Crippen molar-refractivity contribution in [2.45, 2.75) is 31.2 Å². The van der Waals surface area contributed by atoms with E-state index in [9.17, 15) is 13.2 Å². The van der Waals surface area contributed by atoms with Gasteiger partial charge < -0.3 is 9.64 Å². The van der Waals surface area contributed by atoms with Crippen molar-refractivity contribution in [1.82, 2.24) is 4.72 Å². The highest BCUT2D eigenvalue weighted by Crippen LogP contribution is 2.21. The molecule has 0 amide bonds. The molecule has 1 aliphatic rings. The van der Waals surface area contributed by atoms with Crippen LogP contribution in [0.15, 0.2) is 47.4 Å². The third-order valence-corrected chi connectivity index (χ3v) is 6.20. The molecule has 1 saturated heterocycles. The number of nitrogens with zero attached hydrogens (tertiary/aromatic N) is 1.